The Balaban J connectivity index is 1.21. The van der Waals surface area contributed by atoms with Crippen LogP contribution in [0.15, 0.2) is 48.5 Å². The Hall–Kier alpha value is -2.95. The van der Waals surface area contributed by atoms with E-state index in [1.165, 1.54) is 22.3 Å². The van der Waals surface area contributed by atoms with Crippen LogP contribution in [-0.2, 0) is 19.2 Å². The number of rotatable bonds is 8. The number of hydroxylamine groups is 2. The molecule has 0 radical (unpaired) electrons. The summed E-state index contributed by atoms with van der Waals surface area (Å²) in [5, 5.41) is 0.622. The molecule has 150 valence electrons. The summed E-state index contributed by atoms with van der Waals surface area (Å²) in [6, 6.07) is 17.3. The number of hydrogen-bond donors (Lipinski definition) is 0. The lowest BCUT2D eigenvalue weighted by molar-refractivity contribution is -0.197. The summed E-state index contributed by atoms with van der Waals surface area (Å²) >= 11 is 0. The zero-order valence-electron chi connectivity index (χ0n) is 16.4. The molecule has 2 aromatic carbocycles. The molecule has 1 saturated heterocycles. The lowest BCUT2D eigenvalue weighted by Gasteiger charge is -2.14. The number of hydrogen-bond acceptors (Lipinski definition) is 4. The van der Waals surface area contributed by atoms with Crippen molar-refractivity contribution in [2.75, 3.05) is 0 Å². The fourth-order valence-electron chi connectivity index (χ4n) is 4.35. The molecule has 2 aliphatic rings. The van der Waals surface area contributed by atoms with Crippen LogP contribution in [0.1, 0.15) is 68.4 Å². The Morgan fingerprint density at radius 1 is 0.828 bits per heavy atom. The first-order valence-electron chi connectivity index (χ1n) is 10.4. The van der Waals surface area contributed by atoms with Gasteiger partial charge in [0.05, 0.1) is 0 Å². The second-order valence-electron chi connectivity index (χ2n) is 7.73. The zero-order chi connectivity index (χ0) is 20.2. The van der Waals surface area contributed by atoms with E-state index in [0.717, 1.165) is 25.7 Å². The third-order valence-corrected chi connectivity index (χ3v) is 5.79. The molecule has 2 aromatic rings. The molecule has 0 saturated carbocycles. The van der Waals surface area contributed by atoms with Gasteiger partial charge in [-0.05, 0) is 35.1 Å². The van der Waals surface area contributed by atoms with Crippen LogP contribution in [0.25, 0.3) is 11.1 Å². The molecule has 0 spiro atoms. The lowest BCUT2D eigenvalue weighted by Crippen LogP contribution is -2.31. The van der Waals surface area contributed by atoms with Crippen LogP contribution in [0.2, 0.25) is 0 Å². The van der Waals surface area contributed by atoms with Gasteiger partial charge in [-0.1, -0.05) is 67.8 Å². The van der Waals surface area contributed by atoms with Crippen LogP contribution in [0.3, 0.4) is 0 Å². The van der Waals surface area contributed by atoms with Crippen LogP contribution in [0.5, 0.6) is 0 Å². The van der Waals surface area contributed by atoms with Crippen molar-refractivity contribution < 1.29 is 19.2 Å². The van der Waals surface area contributed by atoms with Crippen LogP contribution in [-0.4, -0.2) is 22.8 Å². The highest BCUT2D eigenvalue weighted by atomic mass is 16.7. The Morgan fingerprint density at radius 2 is 1.38 bits per heavy atom. The fourth-order valence-corrected chi connectivity index (χ4v) is 4.35. The normalized spacial score (nSPS) is 15.5. The molecule has 1 heterocycles. The first-order chi connectivity index (χ1) is 14.1. The fraction of sp³-hybridized carbons (Fsp3) is 0.375. The van der Waals surface area contributed by atoms with E-state index in [9.17, 15) is 14.4 Å². The monoisotopic (exact) mass is 391 g/mol. The van der Waals surface area contributed by atoms with Crippen molar-refractivity contribution in [1.29, 1.82) is 0 Å². The van der Waals surface area contributed by atoms with Gasteiger partial charge in [-0.15, -0.1) is 5.06 Å². The molecule has 0 N–H and O–H groups in total. The van der Waals surface area contributed by atoms with Crippen molar-refractivity contribution in [3.63, 3.8) is 0 Å². The number of carbonyl (C=O) groups excluding carboxylic acids is 3. The average molecular weight is 391 g/mol. The quantitative estimate of drug-likeness (QED) is 0.481. The van der Waals surface area contributed by atoms with Gasteiger partial charge in [0.25, 0.3) is 11.8 Å². The predicted molar refractivity (Wildman–Crippen MR) is 109 cm³/mol. The Bertz CT molecular complexity index is 874. The predicted octanol–water partition coefficient (Wildman–Crippen LogP) is 4.75. The Morgan fingerprint density at radius 3 is 2.00 bits per heavy atom. The Labute approximate surface area is 170 Å². The molecule has 1 aliphatic carbocycles. The highest BCUT2D eigenvalue weighted by Crippen LogP contribution is 2.46. The third kappa shape index (κ3) is 4.09. The molecule has 5 heteroatoms. The Kier molecular flexibility index (Phi) is 5.74. The minimum absolute atomic E-state index is 0.125. The second kappa shape index (κ2) is 8.60. The van der Waals surface area contributed by atoms with Crippen molar-refractivity contribution in [3.8, 4) is 11.1 Å². The van der Waals surface area contributed by atoms with E-state index in [1.807, 2.05) is 0 Å². The second-order valence-corrected chi connectivity index (χ2v) is 7.73. The molecule has 1 aliphatic heterocycles. The molecular formula is C24H25NO4. The van der Waals surface area contributed by atoms with Gasteiger partial charge in [-0.2, -0.15) is 0 Å². The standard InChI is InChI=1S/C24H25NO4/c26-22-15-16-23(27)25(22)29-24(28)14-4-2-1-3-9-17-18-10-5-7-12-20(18)21-13-8-6-11-19(17)21/h5-8,10-13,17H,1-4,9,14-16H2. The minimum Gasteiger partial charge on any atom is -0.330 e. The van der Waals surface area contributed by atoms with Gasteiger partial charge in [0, 0.05) is 25.2 Å². The SMILES string of the molecule is O=C(CCCCCCC1c2ccccc2-c2ccccc21)ON1C(=O)CCC1=O. The average Bonchev–Trinajstić information content (AvgIpc) is 3.23. The zero-order valence-corrected chi connectivity index (χ0v) is 16.4. The molecule has 0 unspecified atom stereocenters. The first kappa shape index (κ1) is 19.4. The lowest BCUT2D eigenvalue weighted by atomic mass is 9.91. The third-order valence-electron chi connectivity index (χ3n) is 5.79. The van der Waals surface area contributed by atoms with Gasteiger partial charge in [0.15, 0.2) is 0 Å². The van der Waals surface area contributed by atoms with Gasteiger partial charge in [0.2, 0.25) is 0 Å². The van der Waals surface area contributed by atoms with Crippen molar-refractivity contribution in [1.82, 2.24) is 5.06 Å². The molecule has 1 fully saturated rings. The highest BCUT2D eigenvalue weighted by molar-refractivity contribution is 6.01. The number of nitrogens with zero attached hydrogens (tertiary/aromatic N) is 1. The molecule has 0 atom stereocenters. The molecule has 4 rings (SSSR count). The first-order valence-corrected chi connectivity index (χ1v) is 10.4. The van der Waals surface area contributed by atoms with Crippen molar-refractivity contribution in [2.24, 2.45) is 0 Å². The van der Waals surface area contributed by atoms with Gasteiger partial charge < -0.3 is 4.84 Å². The van der Waals surface area contributed by atoms with Crippen molar-refractivity contribution in [2.45, 2.75) is 57.3 Å². The highest BCUT2D eigenvalue weighted by Gasteiger charge is 2.32. The van der Waals surface area contributed by atoms with E-state index in [-0.39, 0.29) is 19.3 Å². The van der Waals surface area contributed by atoms with E-state index in [0.29, 0.717) is 17.4 Å². The number of benzene rings is 2. The molecule has 5 nitrogen and oxygen atoms in total. The largest absolute Gasteiger partial charge is 0.333 e. The summed E-state index contributed by atoms with van der Waals surface area (Å²) in [6.45, 7) is 0. The number of imide groups is 1. The summed E-state index contributed by atoms with van der Waals surface area (Å²) in [7, 11) is 0. The summed E-state index contributed by atoms with van der Waals surface area (Å²) in [5.74, 6) is -0.923. The maximum absolute atomic E-state index is 11.8. The summed E-state index contributed by atoms with van der Waals surface area (Å²) in [6.07, 6.45) is 5.32. The minimum atomic E-state index is -0.507. The van der Waals surface area contributed by atoms with Gasteiger partial charge in [-0.3, -0.25) is 9.59 Å². The van der Waals surface area contributed by atoms with Gasteiger partial charge >= 0.3 is 5.97 Å². The van der Waals surface area contributed by atoms with Crippen LogP contribution >= 0.6 is 0 Å². The van der Waals surface area contributed by atoms with E-state index in [2.05, 4.69) is 48.5 Å². The van der Waals surface area contributed by atoms with E-state index < -0.39 is 17.8 Å². The van der Waals surface area contributed by atoms with Crippen molar-refractivity contribution in [3.05, 3.63) is 59.7 Å². The van der Waals surface area contributed by atoms with E-state index >= 15 is 0 Å². The summed E-state index contributed by atoms with van der Waals surface area (Å²) in [5.41, 5.74) is 5.53. The molecule has 29 heavy (non-hydrogen) atoms. The maximum Gasteiger partial charge on any atom is 0.333 e. The molecule has 2 amide bonds. The van der Waals surface area contributed by atoms with Crippen molar-refractivity contribution >= 4 is 17.8 Å². The van der Waals surface area contributed by atoms with Gasteiger partial charge in [0.1, 0.15) is 0 Å². The maximum atomic E-state index is 11.8. The van der Waals surface area contributed by atoms with Crippen LogP contribution in [0, 0.1) is 0 Å². The molecule has 0 aromatic heterocycles. The topological polar surface area (TPSA) is 63.7 Å². The summed E-state index contributed by atoms with van der Waals surface area (Å²) in [4.78, 5) is 39.7. The molecule has 0 bridgehead atoms. The number of carbonyl (C=O) groups is 3. The van der Waals surface area contributed by atoms with Crippen LogP contribution in [0.4, 0.5) is 0 Å². The smallest absolute Gasteiger partial charge is 0.330 e. The summed E-state index contributed by atoms with van der Waals surface area (Å²) < 4.78 is 0. The van der Waals surface area contributed by atoms with Crippen LogP contribution < -0.4 is 0 Å². The van der Waals surface area contributed by atoms with E-state index in [4.69, 9.17) is 4.84 Å². The molecular weight excluding hydrogens is 366 g/mol. The number of unbranched alkanes of at least 4 members (excludes halogenated alkanes) is 3. The van der Waals surface area contributed by atoms with Gasteiger partial charge in [-0.25, -0.2) is 4.79 Å². The number of fused-ring (bicyclic) bond motifs is 3. The van der Waals surface area contributed by atoms with E-state index in [1.54, 1.807) is 0 Å². The number of amides is 2.